The van der Waals surface area contributed by atoms with Crippen molar-refractivity contribution in [3.05, 3.63) is 53.1 Å². The van der Waals surface area contributed by atoms with Crippen molar-refractivity contribution in [2.75, 3.05) is 57.4 Å². The number of nitrogens with zero attached hydrogens (tertiary/aromatic N) is 4. The number of piperazine rings is 1. The molecule has 2 N–H and O–H groups in total. The highest BCUT2D eigenvalue weighted by Gasteiger charge is 2.48. The molecule has 0 amide bonds. The fraction of sp³-hybridized carbons (Fsp3) is 0.474. The lowest BCUT2D eigenvalue weighted by Gasteiger charge is -2.34. The first-order valence-corrected chi connectivity index (χ1v) is 17.5. The van der Waals surface area contributed by atoms with Gasteiger partial charge >= 0.3 is 12.2 Å². The van der Waals surface area contributed by atoms with Crippen molar-refractivity contribution in [3.63, 3.8) is 0 Å². The number of fused-ring (bicyclic) bond motifs is 5. The minimum Gasteiger partial charge on any atom is -0.508 e. The minimum atomic E-state index is -5.06. The summed E-state index contributed by atoms with van der Waals surface area (Å²) >= 11 is 0. The Labute approximate surface area is 290 Å². The molecule has 1 saturated carbocycles. The maximum atomic E-state index is 17.2. The fourth-order valence-corrected chi connectivity index (χ4v) is 8.85. The van der Waals surface area contributed by atoms with Crippen LogP contribution in [0.15, 0.2) is 30.3 Å². The highest BCUT2D eigenvalue weighted by molar-refractivity contribution is 6.05. The number of aromatic hydroxyl groups is 1. The molecule has 4 atom stereocenters. The second-order valence-corrected chi connectivity index (χ2v) is 15.1. The average molecular weight is 706 g/mol. The molecule has 9 rings (SSSR count). The number of halogens is 5. The highest BCUT2D eigenvalue weighted by atomic mass is 19.4. The molecule has 3 aromatic carbocycles. The van der Waals surface area contributed by atoms with Gasteiger partial charge in [0.05, 0.1) is 30.9 Å². The second-order valence-electron chi connectivity index (χ2n) is 15.1. The quantitative estimate of drug-likeness (QED) is 0.176. The summed E-state index contributed by atoms with van der Waals surface area (Å²) < 4.78 is 89.2. The zero-order chi connectivity index (χ0) is 35.2. The minimum absolute atomic E-state index is 0.111. The predicted octanol–water partition coefficient (Wildman–Crippen LogP) is 6.11. The zero-order valence-corrected chi connectivity index (χ0v) is 27.7. The van der Waals surface area contributed by atoms with Gasteiger partial charge in [-0.1, -0.05) is 12.0 Å². The van der Waals surface area contributed by atoms with E-state index < -0.39 is 40.3 Å². The molecule has 5 heterocycles. The van der Waals surface area contributed by atoms with Crippen LogP contribution in [-0.2, 0) is 10.9 Å². The Bertz CT molecular complexity index is 2090. The van der Waals surface area contributed by atoms with Gasteiger partial charge in [-0.25, -0.2) is 8.78 Å². The summed E-state index contributed by atoms with van der Waals surface area (Å²) in [5.41, 5.74) is -3.44. The van der Waals surface area contributed by atoms with Gasteiger partial charge in [0.2, 0.25) is 0 Å². The molecule has 266 valence electrons. The summed E-state index contributed by atoms with van der Waals surface area (Å²) in [5.74, 6) is 0.855. The summed E-state index contributed by atoms with van der Waals surface area (Å²) in [4.78, 5) is 13.5. The van der Waals surface area contributed by atoms with Gasteiger partial charge in [-0.15, -0.1) is 6.42 Å². The number of hydrogen-bond acceptors (Lipinski definition) is 8. The third kappa shape index (κ3) is 5.72. The van der Waals surface area contributed by atoms with Gasteiger partial charge in [0.25, 0.3) is 0 Å². The van der Waals surface area contributed by atoms with Crippen molar-refractivity contribution in [1.82, 2.24) is 20.2 Å². The van der Waals surface area contributed by atoms with Crippen molar-refractivity contribution in [1.29, 1.82) is 0 Å². The third-order valence-electron chi connectivity index (χ3n) is 11.5. The van der Waals surface area contributed by atoms with Gasteiger partial charge in [-0.3, -0.25) is 0 Å². The molecule has 0 radical (unpaired) electrons. The number of nitrogens with one attached hydrogen (secondary N) is 1. The molecule has 4 saturated heterocycles. The summed E-state index contributed by atoms with van der Waals surface area (Å²) in [6, 6.07) is 5.52. The van der Waals surface area contributed by atoms with Crippen LogP contribution in [-0.4, -0.2) is 84.6 Å². The monoisotopic (exact) mass is 705 g/mol. The van der Waals surface area contributed by atoms with Crippen LogP contribution in [0.1, 0.15) is 36.8 Å². The molecule has 8 nitrogen and oxygen atoms in total. The van der Waals surface area contributed by atoms with Crippen LogP contribution < -0.4 is 15.0 Å². The first kappa shape index (κ1) is 32.6. The smallest absolute Gasteiger partial charge is 0.417 e. The maximum Gasteiger partial charge on any atom is 0.417 e. The number of hydrogen-bond donors (Lipinski definition) is 2. The van der Waals surface area contributed by atoms with E-state index in [1.807, 2.05) is 4.90 Å². The van der Waals surface area contributed by atoms with Gasteiger partial charge < -0.3 is 29.7 Å². The van der Waals surface area contributed by atoms with Crippen LogP contribution in [0.4, 0.5) is 27.8 Å². The Morgan fingerprint density at radius 2 is 1.75 bits per heavy atom. The van der Waals surface area contributed by atoms with E-state index in [1.165, 1.54) is 12.1 Å². The highest BCUT2D eigenvalue weighted by Crippen LogP contribution is 2.49. The van der Waals surface area contributed by atoms with Gasteiger partial charge in [0.15, 0.2) is 5.82 Å². The largest absolute Gasteiger partial charge is 0.508 e. The van der Waals surface area contributed by atoms with Crippen LogP contribution >= 0.6 is 0 Å². The van der Waals surface area contributed by atoms with E-state index in [4.69, 9.17) is 15.9 Å². The van der Waals surface area contributed by atoms with Crippen molar-refractivity contribution >= 4 is 27.5 Å². The summed E-state index contributed by atoms with van der Waals surface area (Å²) in [6.07, 6.45) is 4.28. The lowest BCUT2D eigenvalue weighted by Crippen LogP contribution is -2.51. The zero-order valence-electron chi connectivity index (χ0n) is 27.7. The number of phenolic OH excluding ortho intramolecular Hbond substituents is 1. The lowest BCUT2D eigenvalue weighted by molar-refractivity contribution is -0.137. The molecule has 1 aromatic heterocycles. The number of aromatic nitrogens is 2. The number of anilines is 1. The molecule has 51 heavy (non-hydrogen) atoms. The summed E-state index contributed by atoms with van der Waals surface area (Å²) in [7, 11) is 0. The molecule has 2 bridgehead atoms. The standard InChI is InChI=1S/C38H36F5N5O3/c1-2-26-30(39)6-3-20-9-25(49)10-27(31(20)26)32-29(38(41,42)43)11-28-34(33(32)40)45-36(46-35(28)48-14-23-4-5-24(15-48)44-23)51-19-37(7-8-37)18-47-12-21-16-50-17-22(21)13-47/h1,3,6,9-11,21-24,44,49H,4-5,7-8,12-19H2/t21-,22-,23?,24?/m0/s1. The molecule has 5 fully saturated rings. The van der Waals surface area contributed by atoms with E-state index in [1.54, 1.807) is 0 Å². The van der Waals surface area contributed by atoms with Gasteiger partial charge in [-0.2, -0.15) is 23.1 Å². The number of ether oxygens (including phenoxy) is 2. The molecule has 5 aliphatic rings. The van der Waals surface area contributed by atoms with E-state index in [-0.39, 0.29) is 63.2 Å². The normalized spacial score (nSPS) is 25.5. The van der Waals surface area contributed by atoms with E-state index in [2.05, 4.69) is 26.1 Å². The molecule has 13 heteroatoms. The molecular weight excluding hydrogens is 669 g/mol. The average Bonchev–Trinajstić information content (AvgIpc) is 3.33. The van der Waals surface area contributed by atoms with Crippen LogP contribution in [0.2, 0.25) is 0 Å². The van der Waals surface area contributed by atoms with Crippen molar-refractivity contribution in [3.8, 4) is 35.2 Å². The Morgan fingerprint density at radius 3 is 2.41 bits per heavy atom. The summed E-state index contributed by atoms with van der Waals surface area (Å²) in [6.45, 7) is 5.58. The van der Waals surface area contributed by atoms with E-state index in [0.717, 1.165) is 76.7 Å². The predicted molar refractivity (Wildman–Crippen MR) is 181 cm³/mol. The SMILES string of the molecule is C#Cc1c(F)ccc2cc(O)cc(-c3c(C(F)(F)F)cc4c(N5CC6CCC(C5)N6)nc(OCC5(CN6C[C@H]7COC[C@@H]7C6)CC5)nc4c3F)c12. The number of phenols is 1. The van der Waals surface area contributed by atoms with E-state index >= 15 is 17.6 Å². The molecule has 4 aliphatic heterocycles. The molecule has 4 aromatic rings. The summed E-state index contributed by atoms with van der Waals surface area (Å²) in [5, 5.41) is 14.0. The topological polar surface area (TPSA) is 83.0 Å². The first-order chi connectivity index (χ1) is 24.5. The Hall–Kier alpha value is -4.25. The van der Waals surface area contributed by atoms with Crippen LogP contribution in [0.3, 0.4) is 0 Å². The van der Waals surface area contributed by atoms with Crippen molar-refractivity contribution < 1.29 is 36.5 Å². The molecular formula is C38H36F5N5O3. The molecule has 0 spiro atoms. The van der Waals surface area contributed by atoms with Gasteiger partial charge in [0, 0.05) is 78.4 Å². The number of rotatable bonds is 7. The van der Waals surface area contributed by atoms with Gasteiger partial charge in [0.1, 0.15) is 22.9 Å². The van der Waals surface area contributed by atoms with E-state index in [0.29, 0.717) is 24.9 Å². The van der Waals surface area contributed by atoms with E-state index in [9.17, 15) is 9.50 Å². The molecule has 2 unspecified atom stereocenters. The Morgan fingerprint density at radius 1 is 1.02 bits per heavy atom. The van der Waals surface area contributed by atoms with Crippen molar-refractivity contribution in [2.24, 2.45) is 17.3 Å². The Balaban J connectivity index is 1.18. The first-order valence-electron chi connectivity index (χ1n) is 17.5. The number of benzene rings is 3. The van der Waals surface area contributed by atoms with Gasteiger partial charge in [-0.05, 0) is 60.9 Å². The number of terminal acetylenes is 1. The third-order valence-corrected chi connectivity index (χ3v) is 11.5. The van der Waals surface area contributed by atoms with Crippen LogP contribution in [0.5, 0.6) is 11.8 Å². The van der Waals surface area contributed by atoms with Crippen LogP contribution in [0, 0.1) is 41.2 Å². The molecule has 1 aliphatic carbocycles. The fourth-order valence-electron chi connectivity index (χ4n) is 8.85. The second kappa shape index (κ2) is 11.9. The van der Waals surface area contributed by atoms with Crippen molar-refractivity contribution in [2.45, 2.75) is 43.9 Å². The Kier molecular flexibility index (Phi) is 7.62. The number of alkyl halides is 3. The van der Waals surface area contributed by atoms with Crippen LogP contribution in [0.25, 0.3) is 32.8 Å². The lowest BCUT2D eigenvalue weighted by atomic mass is 9.89. The number of likely N-dealkylation sites (tertiary alicyclic amines) is 1. The maximum absolute atomic E-state index is 17.2.